The minimum absolute atomic E-state index is 0.156. The summed E-state index contributed by atoms with van der Waals surface area (Å²) in [4.78, 5) is 11.6. The van der Waals surface area contributed by atoms with Crippen molar-refractivity contribution in [2.45, 2.75) is 12.0 Å². The van der Waals surface area contributed by atoms with Crippen molar-refractivity contribution >= 4 is 23.3 Å². The van der Waals surface area contributed by atoms with E-state index < -0.39 is 11.6 Å². The van der Waals surface area contributed by atoms with Crippen LogP contribution in [0.25, 0.3) is 0 Å². The molecule has 0 bridgehead atoms. The molecule has 2 amide bonds. The number of amides is 2. The number of ether oxygens (including phenoxy) is 1. The van der Waals surface area contributed by atoms with Crippen LogP contribution in [0.1, 0.15) is 6.42 Å². The number of nitrogens with one attached hydrogen (secondary N) is 2. The largest absolute Gasteiger partial charge is 0.386 e. The molecule has 1 heterocycles. The van der Waals surface area contributed by atoms with Crippen molar-refractivity contribution in [1.29, 1.82) is 0 Å². The fourth-order valence-electron chi connectivity index (χ4n) is 1.71. The Labute approximate surface area is 110 Å². The molecule has 0 saturated carbocycles. The molecule has 1 atom stereocenters. The van der Waals surface area contributed by atoms with Crippen LogP contribution in [-0.4, -0.2) is 36.5 Å². The summed E-state index contributed by atoms with van der Waals surface area (Å²) < 4.78 is 5.09. The highest BCUT2D eigenvalue weighted by atomic mass is 35.5. The predicted octanol–water partition coefficient (Wildman–Crippen LogP) is 1.61. The van der Waals surface area contributed by atoms with Gasteiger partial charge in [-0.3, -0.25) is 0 Å². The number of aliphatic hydroxyl groups is 1. The molecule has 1 unspecified atom stereocenters. The highest BCUT2D eigenvalue weighted by molar-refractivity contribution is 6.33. The van der Waals surface area contributed by atoms with Crippen LogP contribution >= 0.6 is 11.6 Å². The molecule has 0 radical (unpaired) electrons. The highest BCUT2D eigenvalue weighted by Gasteiger charge is 2.32. The number of carbonyl (C=O) groups excluding carboxylic acids is 1. The van der Waals surface area contributed by atoms with E-state index in [1.54, 1.807) is 24.3 Å². The first kappa shape index (κ1) is 13.1. The van der Waals surface area contributed by atoms with Gasteiger partial charge in [0.1, 0.15) is 5.60 Å². The van der Waals surface area contributed by atoms with Gasteiger partial charge in [-0.15, -0.1) is 0 Å². The lowest BCUT2D eigenvalue weighted by Gasteiger charge is -2.20. The Kier molecular flexibility index (Phi) is 4.06. The minimum atomic E-state index is -0.960. The van der Waals surface area contributed by atoms with E-state index in [1.165, 1.54) is 0 Å². The standard InChI is InChI=1S/C12H15ClN2O3/c13-9-3-1-2-4-10(9)15-11(16)14-7-12(17)5-6-18-8-12/h1-4,17H,5-8H2,(H2,14,15,16). The summed E-state index contributed by atoms with van der Waals surface area (Å²) in [6, 6.07) is 6.55. The number of hydrogen-bond acceptors (Lipinski definition) is 3. The molecule has 18 heavy (non-hydrogen) atoms. The lowest BCUT2D eigenvalue weighted by atomic mass is 10.0. The van der Waals surface area contributed by atoms with Crippen molar-refractivity contribution in [2.75, 3.05) is 25.1 Å². The summed E-state index contributed by atoms with van der Waals surface area (Å²) in [5.41, 5.74) is -0.427. The number of anilines is 1. The first-order valence-electron chi connectivity index (χ1n) is 5.69. The molecule has 0 spiro atoms. The Bertz CT molecular complexity index is 433. The van der Waals surface area contributed by atoms with Crippen molar-refractivity contribution in [3.8, 4) is 0 Å². The van der Waals surface area contributed by atoms with Gasteiger partial charge in [0.15, 0.2) is 0 Å². The molecule has 0 aromatic heterocycles. The molecule has 1 aromatic rings. The smallest absolute Gasteiger partial charge is 0.319 e. The Morgan fingerprint density at radius 3 is 2.94 bits per heavy atom. The van der Waals surface area contributed by atoms with Crippen molar-refractivity contribution in [3.63, 3.8) is 0 Å². The zero-order valence-corrected chi connectivity index (χ0v) is 10.5. The van der Waals surface area contributed by atoms with Crippen LogP contribution in [0.15, 0.2) is 24.3 Å². The van der Waals surface area contributed by atoms with Crippen LogP contribution in [0, 0.1) is 0 Å². The molecular weight excluding hydrogens is 256 g/mol. The molecular formula is C12H15ClN2O3. The SMILES string of the molecule is O=C(NCC1(O)CCOC1)Nc1ccccc1Cl. The molecule has 2 rings (SSSR count). The minimum Gasteiger partial charge on any atom is -0.386 e. The first-order valence-corrected chi connectivity index (χ1v) is 6.06. The van der Waals surface area contributed by atoms with Crippen LogP contribution in [-0.2, 0) is 4.74 Å². The Balaban J connectivity index is 1.84. The zero-order valence-electron chi connectivity index (χ0n) is 9.78. The molecule has 1 aliphatic heterocycles. The van der Waals surface area contributed by atoms with Crippen molar-refractivity contribution in [1.82, 2.24) is 5.32 Å². The Hall–Kier alpha value is -1.30. The van der Waals surface area contributed by atoms with Crippen LogP contribution in [0.3, 0.4) is 0 Å². The molecule has 0 aliphatic carbocycles. The van der Waals surface area contributed by atoms with Crippen molar-refractivity contribution in [2.24, 2.45) is 0 Å². The average Bonchev–Trinajstić information content (AvgIpc) is 2.77. The third kappa shape index (κ3) is 3.35. The van der Waals surface area contributed by atoms with E-state index in [0.717, 1.165) is 0 Å². The summed E-state index contributed by atoms with van der Waals surface area (Å²) in [7, 11) is 0. The lowest BCUT2D eigenvalue weighted by Crippen LogP contribution is -2.44. The van der Waals surface area contributed by atoms with E-state index in [1.807, 2.05) is 0 Å². The van der Waals surface area contributed by atoms with Gasteiger partial charge in [0.2, 0.25) is 0 Å². The fourth-order valence-corrected chi connectivity index (χ4v) is 1.89. The molecule has 5 nitrogen and oxygen atoms in total. The maximum absolute atomic E-state index is 11.6. The summed E-state index contributed by atoms with van der Waals surface area (Å²) in [5.74, 6) is 0. The molecule has 1 aromatic carbocycles. The van der Waals surface area contributed by atoms with Gasteiger partial charge in [0, 0.05) is 13.0 Å². The summed E-state index contributed by atoms with van der Waals surface area (Å²) in [6.07, 6.45) is 0.527. The molecule has 1 saturated heterocycles. The molecule has 1 fully saturated rings. The Morgan fingerprint density at radius 1 is 1.50 bits per heavy atom. The van der Waals surface area contributed by atoms with Gasteiger partial charge in [-0.25, -0.2) is 4.79 Å². The maximum Gasteiger partial charge on any atom is 0.319 e. The zero-order chi connectivity index (χ0) is 13.0. The van der Waals surface area contributed by atoms with Gasteiger partial charge in [0.25, 0.3) is 0 Å². The molecule has 3 N–H and O–H groups in total. The summed E-state index contributed by atoms with van der Waals surface area (Å²) in [5, 5.41) is 15.7. The van der Waals surface area contributed by atoms with E-state index in [-0.39, 0.29) is 13.2 Å². The third-order valence-corrected chi connectivity index (χ3v) is 3.11. The summed E-state index contributed by atoms with van der Waals surface area (Å²) in [6.45, 7) is 0.924. The van der Waals surface area contributed by atoms with Gasteiger partial charge in [-0.05, 0) is 12.1 Å². The Morgan fingerprint density at radius 2 is 2.28 bits per heavy atom. The monoisotopic (exact) mass is 270 g/mol. The van der Waals surface area contributed by atoms with E-state index in [2.05, 4.69) is 10.6 Å². The van der Waals surface area contributed by atoms with Crippen LogP contribution in [0.2, 0.25) is 5.02 Å². The lowest BCUT2D eigenvalue weighted by molar-refractivity contribution is 0.0295. The third-order valence-electron chi connectivity index (χ3n) is 2.78. The van der Waals surface area contributed by atoms with Gasteiger partial charge in [-0.2, -0.15) is 0 Å². The van der Waals surface area contributed by atoms with Gasteiger partial charge >= 0.3 is 6.03 Å². The van der Waals surface area contributed by atoms with E-state index in [4.69, 9.17) is 16.3 Å². The van der Waals surface area contributed by atoms with Crippen molar-refractivity contribution < 1.29 is 14.6 Å². The normalized spacial score (nSPS) is 22.8. The topological polar surface area (TPSA) is 70.6 Å². The number of halogens is 1. The van der Waals surface area contributed by atoms with Crippen LogP contribution in [0.5, 0.6) is 0 Å². The van der Waals surface area contributed by atoms with E-state index >= 15 is 0 Å². The fraction of sp³-hybridized carbons (Fsp3) is 0.417. The number of para-hydroxylation sites is 1. The summed E-state index contributed by atoms with van der Waals surface area (Å²) >= 11 is 5.91. The molecule has 6 heteroatoms. The van der Waals surface area contributed by atoms with Gasteiger partial charge < -0.3 is 20.5 Å². The second kappa shape index (κ2) is 5.56. The number of urea groups is 1. The van der Waals surface area contributed by atoms with Crippen LogP contribution in [0.4, 0.5) is 10.5 Å². The number of benzene rings is 1. The first-order chi connectivity index (χ1) is 8.59. The van der Waals surface area contributed by atoms with Crippen LogP contribution < -0.4 is 10.6 Å². The number of rotatable bonds is 3. The quantitative estimate of drug-likeness (QED) is 0.782. The molecule has 98 valence electrons. The number of carbonyl (C=O) groups is 1. The van der Waals surface area contributed by atoms with Gasteiger partial charge in [-0.1, -0.05) is 23.7 Å². The highest BCUT2D eigenvalue weighted by Crippen LogP contribution is 2.20. The second-order valence-electron chi connectivity index (χ2n) is 4.31. The maximum atomic E-state index is 11.6. The van der Waals surface area contributed by atoms with Crippen molar-refractivity contribution in [3.05, 3.63) is 29.3 Å². The number of hydrogen-bond donors (Lipinski definition) is 3. The van der Waals surface area contributed by atoms with E-state index in [9.17, 15) is 9.90 Å². The average molecular weight is 271 g/mol. The van der Waals surface area contributed by atoms with Gasteiger partial charge in [0.05, 0.1) is 23.9 Å². The molecule has 1 aliphatic rings. The predicted molar refractivity (Wildman–Crippen MR) is 68.9 cm³/mol. The van der Waals surface area contributed by atoms with E-state index in [0.29, 0.717) is 23.7 Å². The second-order valence-corrected chi connectivity index (χ2v) is 4.72.